The van der Waals surface area contributed by atoms with Gasteiger partial charge < -0.3 is 10.2 Å². The van der Waals surface area contributed by atoms with Gasteiger partial charge in [-0.3, -0.25) is 4.79 Å². The highest BCUT2D eigenvalue weighted by molar-refractivity contribution is 6.31. The highest BCUT2D eigenvalue weighted by atomic mass is 35.5. The molecule has 1 N–H and O–H groups in total. The Bertz CT molecular complexity index is 671. The van der Waals surface area contributed by atoms with Crippen molar-refractivity contribution in [2.45, 2.75) is 25.8 Å². The smallest absolute Gasteiger partial charge is 0.228 e. The van der Waals surface area contributed by atoms with Crippen LogP contribution in [-0.2, 0) is 11.2 Å². The molecule has 4 nitrogen and oxygen atoms in total. The minimum absolute atomic E-state index is 0.114. The van der Waals surface area contributed by atoms with Crippen LogP contribution in [0.2, 0.25) is 5.02 Å². The lowest BCUT2D eigenvalue weighted by atomic mass is 10.0. The third-order valence-corrected chi connectivity index (χ3v) is 3.89. The number of nitriles is 1. The minimum atomic E-state index is -0.569. The van der Waals surface area contributed by atoms with Gasteiger partial charge in [0.05, 0.1) is 12.5 Å². The minimum Gasteiger partial charge on any atom is -0.356 e. The Labute approximate surface area is 135 Å². The number of nitrogens with zero attached hydrogens (tertiary/aromatic N) is 2. The Morgan fingerprint density at radius 3 is 2.77 bits per heavy atom. The van der Waals surface area contributed by atoms with Crippen molar-refractivity contribution in [3.8, 4) is 6.07 Å². The number of amides is 1. The number of nitrogens with one attached hydrogen (secondary N) is 1. The van der Waals surface area contributed by atoms with Crippen molar-refractivity contribution in [3.05, 3.63) is 58.9 Å². The van der Waals surface area contributed by atoms with Gasteiger partial charge >= 0.3 is 0 Å². The molecule has 1 aromatic rings. The molecular weight excluding hydrogens is 298 g/mol. The first-order valence-corrected chi connectivity index (χ1v) is 7.40. The van der Waals surface area contributed by atoms with E-state index in [0.29, 0.717) is 11.6 Å². The van der Waals surface area contributed by atoms with Gasteiger partial charge in [0.25, 0.3) is 0 Å². The number of hydrogen-bond acceptors (Lipinski definition) is 3. The molecule has 0 radical (unpaired) electrons. The summed E-state index contributed by atoms with van der Waals surface area (Å²) in [6.45, 7) is 4.29. The Kier molecular flexibility index (Phi) is 4.89. The van der Waals surface area contributed by atoms with Gasteiger partial charge in [-0.2, -0.15) is 5.26 Å². The van der Waals surface area contributed by atoms with Crippen molar-refractivity contribution < 1.29 is 4.79 Å². The van der Waals surface area contributed by atoms with Gasteiger partial charge in [0.2, 0.25) is 5.91 Å². The monoisotopic (exact) mass is 315 g/mol. The third kappa shape index (κ3) is 3.90. The van der Waals surface area contributed by atoms with Crippen molar-refractivity contribution in [2.24, 2.45) is 0 Å². The zero-order chi connectivity index (χ0) is 16.2. The molecule has 0 aliphatic carbocycles. The summed E-state index contributed by atoms with van der Waals surface area (Å²) in [4.78, 5) is 14.0. The van der Waals surface area contributed by atoms with E-state index in [0.717, 1.165) is 11.3 Å². The highest BCUT2D eigenvalue weighted by Gasteiger charge is 2.24. The molecule has 0 unspecified atom stereocenters. The number of benzene rings is 1. The number of carbonyl (C=O) groups is 1. The van der Waals surface area contributed by atoms with E-state index < -0.39 is 5.54 Å². The number of halogens is 1. The van der Waals surface area contributed by atoms with Crippen molar-refractivity contribution >= 4 is 17.5 Å². The molecule has 114 valence electrons. The SMILES string of the molecule is CC(C)(C#N)N1C=CC(NC(=O)Cc2ccccc2Cl)=CC1. The molecular formula is C17H18ClN3O. The van der Waals surface area contributed by atoms with E-state index in [-0.39, 0.29) is 12.3 Å². The molecule has 1 aromatic carbocycles. The van der Waals surface area contributed by atoms with E-state index in [1.165, 1.54) is 0 Å². The topological polar surface area (TPSA) is 56.1 Å². The quantitative estimate of drug-likeness (QED) is 0.929. The first kappa shape index (κ1) is 16.1. The molecule has 1 aliphatic rings. The summed E-state index contributed by atoms with van der Waals surface area (Å²) in [7, 11) is 0. The maximum Gasteiger partial charge on any atom is 0.228 e. The van der Waals surface area contributed by atoms with Gasteiger partial charge in [-0.1, -0.05) is 29.8 Å². The lowest BCUT2D eigenvalue weighted by Gasteiger charge is -2.33. The highest BCUT2D eigenvalue weighted by Crippen LogP contribution is 2.18. The normalized spacial score (nSPS) is 14.3. The molecule has 22 heavy (non-hydrogen) atoms. The second kappa shape index (κ2) is 6.67. The molecule has 0 bridgehead atoms. The fourth-order valence-corrected chi connectivity index (χ4v) is 2.29. The molecule has 1 heterocycles. The maximum absolute atomic E-state index is 12.1. The molecule has 1 aliphatic heterocycles. The molecule has 0 fully saturated rings. The van der Waals surface area contributed by atoms with Crippen LogP contribution >= 0.6 is 11.6 Å². The molecule has 0 saturated carbocycles. The summed E-state index contributed by atoms with van der Waals surface area (Å²) < 4.78 is 0. The molecule has 0 aromatic heterocycles. The Balaban J connectivity index is 1.94. The van der Waals surface area contributed by atoms with E-state index in [4.69, 9.17) is 16.9 Å². The van der Waals surface area contributed by atoms with Crippen molar-refractivity contribution in [1.82, 2.24) is 10.2 Å². The Morgan fingerprint density at radius 1 is 1.45 bits per heavy atom. The van der Waals surface area contributed by atoms with Crippen LogP contribution in [0.5, 0.6) is 0 Å². The Hall–Kier alpha value is -2.25. The van der Waals surface area contributed by atoms with Crippen molar-refractivity contribution in [2.75, 3.05) is 6.54 Å². The van der Waals surface area contributed by atoms with Gasteiger partial charge in [0.1, 0.15) is 5.54 Å². The summed E-state index contributed by atoms with van der Waals surface area (Å²) in [5.41, 5.74) is 0.969. The zero-order valence-corrected chi connectivity index (χ0v) is 13.4. The van der Waals surface area contributed by atoms with Gasteiger partial charge in [0.15, 0.2) is 0 Å². The predicted molar refractivity (Wildman–Crippen MR) is 86.9 cm³/mol. The van der Waals surface area contributed by atoms with Gasteiger partial charge in [-0.05, 0) is 37.6 Å². The second-order valence-corrected chi connectivity index (χ2v) is 6.02. The molecule has 0 saturated heterocycles. The Morgan fingerprint density at radius 2 is 2.18 bits per heavy atom. The number of allylic oxidation sites excluding steroid dienone is 1. The van der Waals surface area contributed by atoms with Gasteiger partial charge in [0, 0.05) is 23.5 Å². The van der Waals surface area contributed by atoms with Crippen LogP contribution in [0.15, 0.2) is 48.3 Å². The van der Waals surface area contributed by atoms with Crippen LogP contribution in [0.1, 0.15) is 19.4 Å². The molecule has 5 heteroatoms. The van der Waals surface area contributed by atoms with Gasteiger partial charge in [-0.15, -0.1) is 0 Å². The van der Waals surface area contributed by atoms with E-state index in [9.17, 15) is 4.79 Å². The summed E-state index contributed by atoms with van der Waals surface area (Å²) in [6.07, 6.45) is 5.75. The number of hydrogen-bond donors (Lipinski definition) is 1. The van der Waals surface area contributed by atoms with Crippen LogP contribution < -0.4 is 5.32 Å². The molecule has 2 rings (SSSR count). The first-order valence-electron chi connectivity index (χ1n) is 7.02. The summed E-state index contributed by atoms with van der Waals surface area (Å²) in [6, 6.07) is 9.55. The van der Waals surface area contributed by atoms with E-state index in [1.807, 2.05) is 49.2 Å². The van der Waals surface area contributed by atoms with Crippen LogP contribution in [0.3, 0.4) is 0 Å². The number of rotatable bonds is 4. The summed E-state index contributed by atoms with van der Waals surface area (Å²) in [5.74, 6) is -0.114. The average Bonchev–Trinajstić information content (AvgIpc) is 2.50. The van der Waals surface area contributed by atoms with E-state index in [1.54, 1.807) is 12.1 Å². The fraction of sp³-hybridized carbons (Fsp3) is 0.294. The first-order chi connectivity index (χ1) is 10.4. The van der Waals surface area contributed by atoms with Crippen LogP contribution in [0.25, 0.3) is 0 Å². The fourth-order valence-electron chi connectivity index (χ4n) is 2.09. The average molecular weight is 316 g/mol. The second-order valence-electron chi connectivity index (χ2n) is 5.61. The molecule has 1 amide bonds. The van der Waals surface area contributed by atoms with E-state index in [2.05, 4.69) is 11.4 Å². The number of carbonyl (C=O) groups excluding carboxylic acids is 1. The standard InChI is InChI=1S/C17H18ClN3O/c1-17(2,12-19)21-9-7-14(8-10-21)20-16(22)11-13-5-3-4-6-15(13)18/h3-9H,10-11H2,1-2H3,(H,20,22). The van der Waals surface area contributed by atoms with Crippen LogP contribution in [-0.4, -0.2) is 22.9 Å². The van der Waals surface area contributed by atoms with Gasteiger partial charge in [-0.25, -0.2) is 0 Å². The van der Waals surface area contributed by atoms with Crippen molar-refractivity contribution in [1.29, 1.82) is 5.26 Å². The van der Waals surface area contributed by atoms with E-state index >= 15 is 0 Å². The maximum atomic E-state index is 12.1. The van der Waals surface area contributed by atoms with Crippen LogP contribution in [0.4, 0.5) is 0 Å². The predicted octanol–water partition coefficient (Wildman–Crippen LogP) is 3.01. The summed E-state index contributed by atoms with van der Waals surface area (Å²) in [5, 5.41) is 12.6. The zero-order valence-electron chi connectivity index (χ0n) is 12.6. The molecule has 0 atom stereocenters. The lowest BCUT2D eigenvalue weighted by Crippen LogP contribution is -2.40. The third-order valence-electron chi connectivity index (χ3n) is 3.53. The van der Waals surface area contributed by atoms with Crippen LogP contribution in [0, 0.1) is 11.3 Å². The lowest BCUT2D eigenvalue weighted by molar-refractivity contribution is -0.119. The van der Waals surface area contributed by atoms with Crippen molar-refractivity contribution in [3.63, 3.8) is 0 Å². The largest absolute Gasteiger partial charge is 0.356 e. The summed E-state index contributed by atoms with van der Waals surface area (Å²) >= 11 is 6.05. The molecule has 0 spiro atoms.